The van der Waals surface area contributed by atoms with Gasteiger partial charge in [-0.1, -0.05) is 23.7 Å². The molecule has 0 atom stereocenters. The van der Waals surface area contributed by atoms with E-state index >= 15 is 0 Å². The molecule has 1 aliphatic rings. The lowest BCUT2D eigenvalue weighted by Gasteiger charge is -2.34. The summed E-state index contributed by atoms with van der Waals surface area (Å²) < 4.78 is 26.8. The molecule has 0 bridgehead atoms. The number of thiophene rings is 1. The van der Waals surface area contributed by atoms with Gasteiger partial charge in [-0.3, -0.25) is 4.79 Å². The first-order chi connectivity index (χ1) is 11.4. The number of carbonyl (C=O) groups is 1. The van der Waals surface area contributed by atoms with Gasteiger partial charge in [0.05, 0.1) is 9.90 Å². The predicted octanol–water partition coefficient (Wildman–Crippen LogP) is 2.86. The number of amides is 1. The highest BCUT2D eigenvalue weighted by molar-refractivity contribution is 7.89. The van der Waals surface area contributed by atoms with Gasteiger partial charge in [0.1, 0.15) is 4.90 Å². The third kappa shape index (κ3) is 3.21. The van der Waals surface area contributed by atoms with E-state index in [4.69, 9.17) is 11.6 Å². The highest BCUT2D eigenvalue weighted by Crippen LogP contribution is 2.26. The first kappa shape index (κ1) is 17.4. The van der Waals surface area contributed by atoms with E-state index in [-0.39, 0.29) is 28.9 Å². The minimum absolute atomic E-state index is 0.0303. The highest BCUT2D eigenvalue weighted by atomic mass is 35.5. The molecule has 2 aromatic rings. The Kier molecular flexibility index (Phi) is 4.96. The Morgan fingerprint density at radius 1 is 1.12 bits per heavy atom. The van der Waals surface area contributed by atoms with Crippen molar-refractivity contribution >= 4 is 38.9 Å². The molecule has 1 amide bonds. The summed E-state index contributed by atoms with van der Waals surface area (Å²) in [5.41, 5.74) is 0.955. The number of benzene rings is 1. The summed E-state index contributed by atoms with van der Waals surface area (Å²) in [7, 11) is -3.64. The first-order valence-corrected chi connectivity index (χ1v) is 10.2. The number of nitrogens with zero attached hydrogens (tertiary/aromatic N) is 2. The number of sulfonamides is 1. The zero-order valence-electron chi connectivity index (χ0n) is 13.1. The van der Waals surface area contributed by atoms with Crippen molar-refractivity contribution in [1.82, 2.24) is 9.21 Å². The third-order valence-corrected chi connectivity index (χ3v) is 7.44. The summed E-state index contributed by atoms with van der Waals surface area (Å²) in [5, 5.41) is 2.10. The van der Waals surface area contributed by atoms with Crippen LogP contribution < -0.4 is 0 Å². The smallest absolute Gasteiger partial charge is 0.264 e. The fourth-order valence-corrected chi connectivity index (χ4v) is 5.47. The van der Waals surface area contributed by atoms with E-state index < -0.39 is 10.0 Å². The molecule has 1 aromatic carbocycles. The van der Waals surface area contributed by atoms with E-state index in [0.717, 1.165) is 10.4 Å². The van der Waals surface area contributed by atoms with Crippen LogP contribution in [0.4, 0.5) is 0 Å². The maximum absolute atomic E-state index is 12.7. The van der Waals surface area contributed by atoms with Gasteiger partial charge < -0.3 is 4.90 Å². The standard InChI is InChI=1S/C16H17ClN2O3S2/c1-12-6-11-23-15(12)16(20)18-7-9-19(10-8-18)24(21,22)14-5-3-2-4-13(14)17/h2-6,11H,7-10H2,1H3. The van der Waals surface area contributed by atoms with Crippen molar-refractivity contribution in [2.24, 2.45) is 0 Å². The van der Waals surface area contributed by atoms with Crippen LogP contribution in [0.3, 0.4) is 0 Å². The number of hydrogen-bond acceptors (Lipinski definition) is 4. The molecule has 5 nitrogen and oxygen atoms in total. The van der Waals surface area contributed by atoms with Gasteiger partial charge in [0, 0.05) is 26.2 Å². The Balaban J connectivity index is 1.72. The Labute approximate surface area is 150 Å². The van der Waals surface area contributed by atoms with E-state index in [1.54, 1.807) is 23.1 Å². The van der Waals surface area contributed by atoms with Crippen molar-refractivity contribution in [1.29, 1.82) is 0 Å². The minimum atomic E-state index is -3.64. The SMILES string of the molecule is Cc1ccsc1C(=O)N1CCN(S(=O)(=O)c2ccccc2Cl)CC1. The van der Waals surface area contributed by atoms with Gasteiger partial charge in [-0.15, -0.1) is 11.3 Å². The van der Waals surface area contributed by atoms with Crippen molar-refractivity contribution < 1.29 is 13.2 Å². The van der Waals surface area contributed by atoms with Crippen molar-refractivity contribution in [3.05, 3.63) is 51.2 Å². The molecular formula is C16H17ClN2O3S2. The molecule has 1 aliphatic heterocycles. The molecule has 128 valence electrons. The number of aryl methyl sites for hydroxylation is 1. The molecule has 1 saturated heterocycles. The maximum atomic E-state index is 12.7. The Morgan fingerprint density at radius 2 is 1.79 bits per heavy atom. The summed E-state index contributed by atoms with van der Waals surface area (Å²) in [6.07, 6.45) is 0. The molecule has 0 unspecified atom stereocenters. The van der Waals surface area contributed by atoms with Crippen molar-refractivity contribution in [3.63, 3.8) is 0 Å². The van der Waals surface area contributed by atoms with Crippen LogP contribution in [0.25, 0.3) is 0 Å². The van der Waals surface area contributed by atoms with Crippen molar-refractivity contribution in [2.45, 2.75) is 11.8 Å². The van der Waals surface area contributed by atoms with Crippen LogP contribution in [0.15, 0.2) is 40.6 Å². The average molecular weight is 385 g/mol. The van der Waals surface area contributed by atoms with Crippen LogP contribution in [0.5, 0.6) is 0 Å². The first-order valence-electron chi connectivity index (χ1n) is 7.49. The zero-order chi connectivity index (χ0) is 17.3. The van der Waals surface area contributed by atoms with E-state index in [2.05, 4.69) is 0 Å². The summed E-state index contributed by atoms with van der Waals surface area (Å²) in [6, 6.07) is 8.33. The molecule has 24 heavy (non-hydrogen) atoms. The lowest BCUT2D eigenvalue weighted by atomic mass is 10.2. The Bertz CT molecular complexity index is 856. The number of hydrogen-bond donors (Lipinski definition) is 0. The highest BCUT2D eigenvalue weighted by Gasteiger charge is 2.32. The van der Waals surface area contributed by atoms with Crippen LogP contribution in [0.1, 0.15) is 15.2 Å². The lowest BCUT2D eigenvalue weighted by molar-refractivity contribution is 0.0702. The van der Waals surface area contributed by atoms with E-state index in [1.165, 1.54) is 21.7 Å². The van der Waals surface area contributed by atoms with Gasteiger partial charge in [-0.05, 0) is 36.1 Å². The second kappa shape index (κ2) is 6.84. The van der Waals surface area contributed by atoms with Gasteiger partial charge in [0.15, 0.2) is 0 Å². The predicted molar refractivity (Wildman–Crippen MR) is 95.2 cm³/mol. The topological polar surface area (TPSA) is 57.7 Å². The molecule has 0 radical (unpaired) electrons. The summed E-state index contributed by atoms with van der Waals surface area (Å²) in [4.78, 5) is 15.0. The van der Waals surface area contributed by atoms with Crippen LogP contribution >= 0.6 is 22.9 Å². The van der Waals surface area contributed by atoms with Crippen molar-refractivity contribution in [2.75, 3.05) is 26.2 Å². The molecule has 1 fully saturated rings. The van der Waals surface area contributed by atoms with E-state index in [9.17, 15) is 13.2 Å². The third-order valence-electron chi connectivity index (χ3n) is 4.04. The molecule has 0 aliphatic carbocycles. The van der Waals surface area contributed by atoms with Crippen LogP contribution in [-0.4, -0.2) is 49.7 Å². The van der Waals surface area contributed by atoms with Gasteiger partial charge in [-0.2, -0.15) is 4.31 Å². The number of halogens is 1. The number of carbonyl (C=O) groups excluding carboxylic acids is 1. The Hall–Kier alpha value is -1.41. The summed E-state index contributed by atoms with van der Waals surface area (Å²) in [6.45, 7) is 3.19. The van der Waals surface area contributed by atoms with Gasteiger partial charge in [0.25, 0.3) is 5.91 Å². The lowest BCUT2D eigenvalue weighted by Crippen LogP contribution is -2.50. The molecule has 2 heterocycles. The molecular weight excluding hydrogens is 368 g/mol. The fourth-order valence-electron chi connectivity index (χ4n) is 2.66. The number of piperazine rings is 1. The normalized spacial score (nSPS) is 16.3. The monoisotopic (exact) mass is 384 g/mol. The van der Waals surface area contributed by atoms with Gasteiger partial charge in [-0.25, -0.2) is 8.42 Å². The maximum Gasteiger partial charge on any atom is 0.264 e. The average Bonchev–Trinajstić information content (AvgIpc) is 3.00. The molecule has 8 heteroatoms. The van der Waals surface area contributed by atoms with Crippen LogP contribution in [0, 0.1) is 6.92 Å². The quantitative estimate of drug-likeness (QED) is 0.817. The minimum Gasteiger partial charge on any atom is -0.335 e. The molecule has 1 aromatic heterocycles. The van der Waals surface area contributed by atoms with Gasteiger partial charge >= 0.3 is 0 Å². The molecule has 0 spiro atoms. The summed E-state index contributed by atoms with van der Waals surface area (Å²) >= 11 is 7.44. The second-order valence-corrected chi connectivity index (χ2v) is 8.79. The zero-order valence-corrected chi connectivity index (χ0v) is 15.5. The molecule has 0 N–H and O–H groups in total. The largest absolute Gasteiger partial charge is 0.335 e. The summed E-state index contributed by atoms with van der Waals surface area (Å²) in [5.74, 6) is -0.0303. The van der Waals surface area contributed by atoms with Crippen LogP contribution in [0.2, 0.25) is 5.02 Å². The van der Waals surface area contributed by atoms with E-state index in [1.807, 2.05) is 18.4 Å². The van der Waals surface area contributed by atoms with E-state index in [0.29, 0.717) is 13.1 Å². The van der Waals surface area contributed by atoms with Crippen molar-refractivity contribution in [3.8, 4) is 0 Å². The van der Waals surface area contributed by atoms with Crippen LogP contribution in [-0.2, 0) is 10.0 Å². The number of rotatable bonds is 3. The van der Waals surface area contributed by atoms with Gasteiger partial charge in [0.2, 0.25) is 10.0 Å². The Morgan fingerprint density at radius 3 is 2.38 bits per heavy atom. The fraction of sp³-hybridized carbons (Fsp3) is 0.312. The second-order valence-electron chi connectivity index (χ2n) is 5.56. The molecule has 0 saturated carbocycles. The molecule has 3 rings (SSSR count).